The Kier molecular flexibility index (Phi) is 4.31. The molecule has 0 heterocycles. The van der Waals surface area contributed by atoms with Crippen molar-refractivity contribution in [1.29, 1.82) is 0 Å². The highest BCUT2D eigenvalue weighted by Gasteiger charge is 2.35. The molecule has 0 radical (unpaired) electrons. The number of alkyl halides is 4. The molecule has 0 aliphatic carbocycles. The summed E-state index contributed by atoms with van der Waals surface area (Å²) in [5, 5.41) is -0.167. The Hall–Kier alpha value is -0.770. The first-order valence-corrected chi connectivity index (χ1v) is 5.99. The fourth-order valence-corrected chi connectivity index (χ4v) is 2.37. The second kappa shape index (κ2) is 5.08. The van der Waals surface area contributed by atoms with E-state index in [1.165, 1.54) is 6.07 Å². The lowest BCUT2D eigenvalue weighted by atomic mass is 9.80. The van der Waals surface area contributed by atoms with E-state index in [1.54, 1.807) is 20.8 Å². The van der Waals surface area contributed by atoms with Crippen LogP contribution in [0.5, 0.6) is 0 Å². The SMILES string of the molecule is CC(Cl)CC(C)(C)c1ccc(F)c(C(F)(F)F)c1. The van der Waals surface area contributed by atoms with Crippen molar-refractivity contribution in [1.82, 2.24) is 0 Å². The highest BCUT2D eigenvalue weighted by atomic mass is 35.5. The summed E-state index contributed by atoms with van der Waals surface area (Å²) in [4.78, 5) is 0. The molecule has 0 fully saturated rings. The standard InChI is InChI=1S/C13H15ClF4/c1-8(14)7-12(2,3)9-4-5-11(15)10(6-9)13(16,17)18/h4-6,8H,7H2,1-3H3. The van der Waals surface area contributed by atoms with Crippen LogP contribution < -0.4 is 0 Å². The topological polar surface area (TPSA) is 0 Å². The van der Waals surface area contributed by atoms with Crippen LogP contribution in [-0.4, -0.2) is 5.38 Å². The van der Waals surface area contributed by atoms with E-state index in [1.807, 2.05) is 0 Å². The molecule has 0 aliphatic heterocycles. The molecule has 0 amide bonds. The van der Waals surface area contributed by atoms with Crippen LogP contribution in [0.15, 0.2) is 18.2 Å². The fourth-order valence-electron chi connectivity index (χ4n) is 1.98. The van der Waals surface area contributed by atoms with Crippen molar-refractivity contribution in [2.24, 2.45) is 0 Å². The van der Waals surface area contributed by atoms with Gasteiger partial charge in [0.25, 0.3) is 0 Å². The summed E-state index contributed by atoms with van der Waals surface area (Å²) in [6, 6.07) is 3.11. The van der Waals surface area contributed by atoms with Gasteiger partial charge in [0.05, 0.1) is 5.56 Å². The van der Waals surface area contributed by atoms with E-state index in [9.17, 15) is 17.6 Å². The van der Waals surface area contributed by atoms with Gasteiger partial charge in [0.1, 0.15) is 5.82 Å². The summed E-state index contributed by atoms with van der Waals surface area (Å²) in [6.07, 6.45) is -4.17. The zero-order chi connectivity index (χ0) is 14.1. The van der Waals surface area contributed by atoms with Crippen molar-refractivity contribution >= 4 is 11.6 Å². The molecule has 1 atom stereocenters. The molecule has 0 saturated heterocycles. The normalized spacial score (nSPS) is 14.7. The minimum atomic E-state index is -4.68. The van der Waals surface area contributed by atoms with Crippen LogP contribution in [-0.2, 0) is 11.6 Å². The number of hydrogen-bond acceptors (Lipinski definition) is 0. The van der Waals surface area contributed by atoms with Gasteiger partial charge in [-0.2, -0.15) is 13.2 Å². The molecule has 0 spiro atoms. The molecule has 1 unspecified atom stereocenters. The zero-order valence-electron chi connectivity index (χ0n) is 10.4. The Morgan fingerprint density at radius 3 is 2.22 bits per heavy atom. The molecule has 5 heteroatoms. The average Bonchev–Trinajstić information content (AvgIpc) is 2.13. The van der Waals surface area contributed by atoms with Crippen molar-refractivity contribution in [2.75, 3.05) is 0 Å². The van der Waals surface area contributed by atoms with Gasteiger partial charge in [0.15, 0.2) is 0 Å². The third-order valence-electron chi connectivity index (χ3n) is 2.84. The van der Waals surface area contributed by atoms with E-state index in [0.29, 0.717) is 12.0 Å². The Balaban J connectivity index is 3.20. The lowest BCUT2D eigenvalue weighted by Gasteiger charge is -2.27. The second-order valence-corrected chi connectivity index (χ2v) is 5.81. The first-order chi connectivity index (χ1) is 8.04. The predicted molar refractivity (Wildman–Crippen MR) is 64.4 cm³/mol. The van der Waals surface area contributed by atoms with Crippen LogP contribution in [0, 0.1) is 5.82 Å². The highest BCUT2D eigenvalue weighted by Crippen LogP contribution is 2.36. The first-order valence-electron chi connectivity index (χ1n) is 5.55. The van der Waals surface area contributed by atoms with Crippen LogP contribution >= 0.6 is 11.6 Å². The van der Waals surface area contributed by atoms with Gasteiger partial charge in [-0.25, -0.2) is 4.39 Å². The number of rotatable bonds is 3. The molecule has 1 aromatic rings. The van der Waals surface area contributed by atoms with E-state index in [-0.39, 0.29) is 5.38 Å². The quantitative estimate of drug-likeness (QED) is 0.532. The largest absolute Gasteiger partial charge is 0.419 e. The van der Waals surface area contributed by atoms with E-state index >= 15 is 0 Å². The molecule has 0 aliphatic rings. The summed E-state index contributed by atoms with van der Waals surface area (Å²) in [6.45, 7) is 5.36. The van der Waals surface area contributed by atoms with Crippen molar-refractivity contribution in [3.8, 4) is 0 Å². The zero-order valence-corrected chi connectivity index (χ0v) is 11.2. The molecule has 1 rings (SSSR count). The van der Waals surface area contributed by atoms with Crippen LogP contribution in [0.3, 0.4) is 0 Å². The molecule has 0 aromatic heterocycles. The summed E-state index contributed by atoms with van der Waals surface area (Å²) in [5.41, 5.74) is -1.33. The summed E-state index contributed by atoms with van der Waals surface area (Å²) < 4.78 is 51.0. The van der Waals surface area contributed by atoms with Crippen molar-refractivity contribution < 1.29 is 17.6 Å². The molecule has 102 valence electrons. The highest BCUT2D eigenvalue weighted by molar-refractivity contribution is 6.20. The first kappa shape index (κ1) is 15.3. The third kappa shape index (κ3) is 3.61. The predicted octanol–water partition coefficient (Wildman–Crippen LogP) is 5.14. The molecular formula is C13H15ClF4. The van der Waals surface area contributed by atoms with Gasteiger partial charge in [0, 0.05) is 5.38 Å². The van der Waals surface area contributed by atoms with Crippen LogP contribution in [0.4, 0.5) is 17.6 Å². The molecular weight excluding hydrogens is 268 g/mol. The van der Waals surface area contributed by atoms with Crippen molar-refractivity contribution in [3.63, 3.8) is 0 Å². The van der Waals surface area contributed by atoms with E-state index in [2.05, 4.69) is 0 Å². The number of halogens is 5. The number of hydrogen-bond donors (Lipinski definition) is 0. The molecule has 0 nitrogen and oxygen atoms in total. The Morgan fingerprint density at radius 1 is 1.22 bits per heavy atom. The lowest BCUT2D eigenvalue weighted by molar-refractivity contribution is -0.140. The molecule has 0 bridgehead atoms. The molecule has 0 saturated carbocycles. The van der Waals surface area contributed by atoms with Crippen LogP contribution in [0.1, 0.15) is 38.3 Å². The summed E-state index contributed by atoms with van der Waals surface area (Å²) in [7, 11) is 0. The molecule has 0 N–H and O–H groups in total. The van der Waals surface area contributed by atoms with E-state index < -0.39 is 23.0 Å². The minimum absolute atomic E-state index is 0.167. The van der Waals surface area contributed by atoms with E-state index in [4.69, 9.17) is 11.6 Å². The third-order valence-corrected chi connectivity index (χ3v) is 3.00. The number of benzene rings is 1. The Morgan fingerprint density at radius 2 is 1.78 bits per heavy atom. The molecule has 18 heavy (non-hydrogen) atoms. The van der Waals surface area contributed by atoms with Crippen molar-refractivity contribution in [3.05, 3.63) is 35.1 Å². The monoisotopic (exact) mass is 282 g/mol. The maximum absolute atomic E-state index is 13.2. The average molecular weight is 283 g/mol. The van der Waals surface area contributed by atoms with Crippen LogP contribution in [0.2, 0.25) is 0 Å². The van der Waals surface area contributed by atoms with Gasteiger partial charge in [-0.3, -0.25) is 0 Å². The smallest absolute Gasteiger partial charge is 0.206 e. The maximum atomic E-state index is 13.2. The second-order valence-electron chi connectivity index (χ2n) is 5.06. The van der Waals surface area contributed by atoms with Gasteiger partial charge in [-0.05, 0) is 36.5 Å². The summed E-state index contributed by atoms with van der Waals surface area (Å²) >= 11 is 5.88. The van der Waals surface area contributed by atoms with E-state index in [0.717, 1.165) is 12.1 Å². The van der Waals surface area contributed by atoms with Crippen LogP contribution in [0.25, 0.3) is 0 Å². The Bertz CT molecular complexity index is 421. The fraction of sp³-hybridized carbons (Fsp3) is 0.538. The Labute approximate surface area is 109 Å². The van der Waals surface area contributed by atoms with Gasteiger partial charge >= 0.3 is 6.18 Å². The summed E-state index contributed by atoms with van der Waals surface area (Å²) in [5.74, 6) is -1.25. The maximum Gasteiger partial charge on any atom is 0.419 e. The van der Waals surface area contributed by atoms with Gasteiger partial charge in [-0.15, -0.1) is 11.6 Å². The van der Waals surface area contributed by atoms with Gasteiger partial charge in [0.2, 0.25) is 0 Å². The van der Waals surface area contributed by atoms with Crippen molar-refractivity contribution in [2.45, 2.75) is 44.2 Å². The van der Waals surface area contributed by atoms with Gasteiger partial charge < -0.3 is 0 Å². The lowest BCUT2D eigenvalue weighted by Crippen LogP contribution is -2.22. The molecule has 1 aromatic carbocycles. The van der Waals surface area contributed by atoms with Gasteiger partial charge in [-0.1, -0.05) is 19.9 Å². The minimum Gasteiger partial charge on any atom is -0.206 e.